The van der Waals surface area contributed by atoms with Gasteiger partial charge in [-0.25, -0.2) is 4.79 Å². The first-order valence-electron chi connectivity index (χ1n) is 14.9. The zero-order chi connectivity index (χ0) is 34.2. The summed E-state index contributed by atoms with van der Waals surface area (Å²) in [7, 11) is 0. The van der Waals surface area contributed by atoms with E-state index in [9.17, 15) is 43.6 Å². The second kappa shape index (κ2) is 24.4. The Morgan fingerprint density at radius 2 is 1.69 bits per heavy atom. The highest BCUT2D eigenvalue weighted by Gasteiger charge is 2.29. The van der Waals surface area contributed by atoms with Crippen molar-refractivity contribution in [1.29, 1.82) is 0 Å². The Balaban J connectivity index is 0.000000907. The van der Waals surface area contributed by atoms with Crippen LogP contribution in [-0.4, -0.2) is 127 Å². The molecule has 0 aromatic rings. The van der Waals surface area contributed by atoms with Gasteiger partial charge in [-0.2, -0.15) is 0 Å². The molecule has 5 atom stereocenters. The van der Waals surface area contributed by atoms with Crippen molar-refractivity contribution in [2.24, 2.45) is 0 Å². The molecular formula is C26H51N9O10+4. The number of hydrogen-bond acceptors (Lipinski definition) is 10. The fraction of sp³-hybridized carbons (Fsp3) is 0.731. The van der Waals surface area contributed by atoms with E-state index in [1.807, 2.05) is 0 Å². The molecule has 0 aromatic heterocycles. The number of hydrogen-bond donors (Lipinski definition) is 10. The fourth-order valence-corrected chi connectivity index (χ4v) is 3.94. The van der Waals surface area contributed by atoms with Gasteiger partial charge in [0, 0.05) is 24.3 Å². The average Bonchev–Trinajstić information content (AvgIpc) is 3.04. The van der Waals surface area contributed by atoms with Crippen molar-refractivity contribution in [2.45, 2.75) is 81.6 Å². The zero-order valence-corrected chi connectivity index (χ0v) is 25.7. The lowest BCUT2D eigenvalue weighted by molar-refractivity contribution is -0.454. The molecule has 6 amide bonds. The second-order valence-corrected chi connectivity index (χ2v) is 10.4. The largest absolute Gasteiger partial charge is 0.421 e. The summed E-state index contributed by atoms with van der Waals surface area (Å²) in [5.41, 5.74) is 11.0. The number of nitrogens with one attached hydrogen (secondary N) is 5. The van der Waals surface area contributed by atoms with Gasteiger partial charge in [0.05, 0.1) is 24.5 Å². The van der Waals surface area contributed by atoms with Crippen LogP contribution >= 0.6 is 0 Å². The summed E-state index contributed by atoms with van der Waals surface area (Å²) in [6.45, 7) is -0.0580. The number of unbranched alkanes of at least 4 members (excludes halogenated alkanes) is 1. The molecule has 0 saturated carbocycles. The van der Waals surface area contributed by atoms with Crippen molar-refractivity contribution in [2.75, 3.05) is 39.4 Å². The number of rotatable bonds is 16. The minimum atomic E-state index is -1.14. The lowest BCUT2D eigenvalue weighted by Crippen LogP contribution is -2.70. The Morgan fingerprint density at radius 1 is 1.00 bits per heavy atom. The van der Waals surface area contributed by atoms with Crippen LogP contribution in [0.5, 0.6) is 0 Å². The van der Waals surface area contributed by atoms with Crippen LogP contribution in [0.3, 0.4) is 0 Å². The fourth-order valence-electron chi connectivity index (χ4n) is 3.94. The van der Waals surface area contributed by atoms with Gasteiger partial charge in [-0.15, -0.1) is 0 Å². The lowest BCUT2D eigenvalue weighted by atomic mass is 10.1. The van der Waals surface area contributed by atoms with Crippen LogP contribution < -0.4 is 43.8 Å². The quantitative estimate of drug-likeness (QED) is 0.0427. The van der Waals surface area contributed by atoms with Crippen molar-refractivity contribution in [3.8, 4) is 0 Å². The third-order valence-corrected chi connectivity index (χ3v) is 6.66. The van der Waals surface area contributed by atoms with E-state index in [0.717, 1.165) is 19.4 Å². The van der Waals surface area contributed by atoms with Crippen molar-refractivity contribution in [1.82, 2.24) is 26.6 Å². The molecule has 0 unspecified atom stereocenters. The van der Waals surface area contributed by atoms with Crippen molar-refractivity contribution in [3.63, 3.8) is 0 Å². The van der Waals surface area contributed by atoms with Crippen LogP contribution in [-0.2, 0) is 33.6 Å². The predicted molar refractivity (Wildman–Crippen MR) is 155 cm³/mol. The number of aliphatic hydroxyl groups is 2. The standard InChI is InChI=1S/C15H25N5O6.C11H22N4O4/c16-10-4-1-2-6-17-14(24)12(8-21)19-15(25)11(18-13(10)23)5-3-7-20(26)9-22;12-4-2-1-3-9(11(19)14-5-6-16)15-10(18)8(13)7-17/h9-12,21H,1-8,16H2,(H2-,17,18,19,23,24,25);6,8-9,17H,1-5,7,12-13H2,(H,14,19)(H,15,18)/p+4/t10-,11+,12-;8-,9+/m01/s1. The molecule has 1 heterocycles. The topological polar surface area (TPSA) is 323 Å². The van der Waals surface area contributed by atoms with Crippen LogP contribution in [0.15, 0.2) is 0 Å². The number of quaternary nitrogens is 3. The number of nitrogens with zero attached hydrogens (tertiary/aromatic N) is 1. The Hall–Kier alpha value is -3.91. The molecule has 1 aliphatic heterocycles. The maximum atomic E-state index is 12.4. The third-order valence-electron chi connectivity index (χ3n) is 6.66. The monoisotopic (exact) mass is 649 g/mol. The molecule has 1 saturated heterocycles. The number of aldehydes is 1. The molecule has 0 bridgehead atoms. The van der Waals surface area contributed by atoms with Gasteiger partial charge in [0.1, 0.15) is 31.0 Å². The zero-order valence-electron chi connectivity index (χ0n) is 25.7. The van der Waals surface area contributed by atoms with Crippen molar-refractivity contribution < 1.29 is 65.7 Å². The summed E-state index contributed by atoms with van der Waals surface area (Å²) in [4.78, 5) is 91.6. The van der Waals surface area contributed by atoms with E-state index in [-0.39, 0.29) is 43.7 Å². The molecule has 0 aromatic carbocycles. The number of aliphatic hydroxyl groups excluding tert-OH is 2. The lowest BCUT2D eigenvalue weighted by Gasteiger charge is -2.21. The summed E-state index contributed by atoms with van der Waals surface area (Å²) < 4.78 is 0.188. The minimum Gasteiger partial charge on any atom is -0.394 e. The van der Waals surface area contributed by atoms with Gasteiger partial charge in [-0.3, -0.25) is 24.0 Å². The normalized spacial score (nSPS) is 20.5. The molecule has 1 fully saturated rings. The van der Waals surface area contributed by atoms with Gasteiger partial charge in [0.15, 0.2) is 12.1 Å². The van der Waals surface area contributed by atoms with E-state index in [1.165, 1.54) is 0 Å². The first kappa shape index (κ1) is 41.1. The van der Waals surface area contributed by atoms with Crippen LogP contribution in [0.2, 0.25) is 0 Å². The van der Waals surface area contributed by atoms with Crippen LogP contribution in [0.4, 0.5) is 0 Å². The highest BCUT2D eigenvalue weighted by atomic mass is 16.3. The maximum absolute atomic E-state index is 12.4. The predicted octanol–water partition coefficient (Wildman–Crippen LogP) is -7.62. The van der Waals surface area contributed by atoms with Gasteiger partial charge >= 0.3 is 6.41 Å². The van der Waals surface area contributed by atoms with Gasteiger partial charge in [-0.1, -0.05) is 0 Å². The van der Waals surface area contributed by atoms with E-state index < -0.39 is 66.4 Å². The summed E-state index contributed by atoms with van der Waals surface area (Å²) in [5, 5.41) is 30.7. The van der Waals surface area contributed by atoms with Crippen LogP contribution in [0, 0.1) is 4.91 Å². The summed E-state index contributed by atoms with van der Waals surface area (Å²) >= 11 is 0. The Kier molecular flexibility index (Phi) is 22.3. The smallest absolute Gasteiger partial charge is 0.394 e. The van der Waals surface area contributed by atoms with E-state index in [4.69, 9.17) is 5.11 Å². The molecule has 16 N–H and O–H groups in total. The molecule has 19 heteroatoms. The molecular weight excluding hydrogens is 598 g/mol. The van der Waals surface area contributed by atoms with Gasteiger partial charge in [-0.05, 0) is 38.5 Å². The molecule has 0 radical (unpaired) electrons. The Bertz CT molecular complexity index is 985. The molecule has 0 aliphatic carbocycles. The number of amides is 6. The molecule has 1 rings (SSSR count). The number of carbonyl (C=O) groups is 7. The first-order chi connectivity index (χ1) is 21.4. The van der Waals surface area contributed by atoms with Gasteiger partial charge < -0.3 is 58.8 Å². The second-order valence-electron chi connectivity index (χ2n) is 10.4. The Labute approximate surface area is 260 Å². The molecule has 45 heavy (non-hydrogen) atoms. The molecule has 256 valence electrons. The van der Waals surface area contributed by atoms with Gasteiger partial charge in [0.25, 0.3) is 11.8 Å². The summed E-state index contributed by atoms with van der Waals surface area (Å²) in [5.74, 6) is -2.46. The van der Waals surface area contributed by atoms with E-state index >= 15 is 0 Å². The van der Waals surface area contributed by atoms with E-state index in [2.05, 4.69) is 43.8 Å². The van der Waals surface area contributed by atoms with Crippen molar-refractivity contribution >= 4 is 42.2 Å². The van der Waals surface area contributed by atoms with Crippen molar-refractivity contribution in [3.05, 3.63) is 4.91 Å². The highest BCUT2D eigenvalue weighted by molar-refractivity contribution is 5.93. The first-order valence-corrected chi connectivity index (χ1v) is 14.9. The maximum Gasteiger partial charge on any atom is 0.421 e. The minimum absolute atomic E-state index is 0.0889. The van der Waals surface area contributed by atoms with E-state index in [1.54, 1.807) is 0 Å². The Morgan fingerprint density at radius 3 is 2.29 bits per heavy atom. The average molecular weight is 650 g/mol. The van der Waals surface area contributed by atoms with Crippen LogP contribution in [0.25, 0.3) is 0 Å². The van der Waals surface area contributed by atoms with Gasteiger partial charge in [0.2, 0.25) is 24.3 Å². The summed E-state index contributed by atoms with van der Waals surface area (Å²) in [6, 6.07) is -4.22. The molecule has 19 nitrogen and oxygen atoms in total. The number of carbonyl (C=O) groups excluding carboxylic acids is 7. The molecule has 0 spiro atoms. The molecule has 1 aliphatic rings. The summed E-state index contributed by atoms with van der Waals surface area (Å²) in [6.07, 6.45) is 4.84. The van der Waals surface area contributed by atoms with Crippen LogP contribution in [0.1, 0.15) is 51.4 Å². The van der Waals surface area contributed by atoms with E-state index in [0.29, 0.717) is 38.5 Å². The number of nitroso groups, excluding NO2 is 1. The SMILES string of the molecule is [NH3+]CCCC[C@H](NC(=O)[C@H]([NH3+])CO)C(=O)NCC=O.[NH3+][C@H]1CCCCNC(=O)[C@H](CO)NC(=O)[C@@H](CCC[N+](=O)C=O)NC1=O. The third kappa shape index (κ3) is 17.8. The highest BCUT2D eigenvalue weighted by Crippen LogP contribution is 2.04.